The molecule has 1 atom stereocenters. The lowest BCUT2D eigenvalue weighted by Gasteiger charge is -2.10. The summed E-state index contributed by atoms with van der Waals surface area (Å²) in [6, 6.07) is 9.18. The van der Waals surface area contributed by atoms with Crippen LogP contribution >= 0.6 is 46.3 Å². The Morgan fingerprint density at radius 2 is 2.10 bits per heavy atom. The Morgan fingerprint density at radius 1 is 1.24 bits per heavy atom. The fourth-order valence-corrected chi connectivity index (χ4v) is 4.67. The van der Waals surface area contributed by atoms with E-state index in [1.54, 1.807) is 29.5 Å². The third-order valence-corrected chi connectivity index (χ3v) is 6.48. The lowest BCUT2D eigenvalue weighted by atomic mass is 10.2. The average Bonchev–Trinajstić information content (AvgIpc) is 3.43. The Kier molecular flexibility index (Phi) is 6.05. The maximum absolute atomic E-state index is 6.37. The predicted octanol–water partition coefficient (Wildman–Crippen LogP) is 6.40. The molecule has 1 aromatic carbocycles. The Balaban J connectivity index is 1.62. The number of benzene rings is 1. The van der Waals surface area contributed by atoms with Gasteiger partial charge >= 0.3 is 0 Å². The third kappa shape index (κ3) is 4.25. The molecule has 0 aliphatic rings. The molecule has 0 aliphatic heterocycles. The van der Waals surface area contributed by atoms with Crippen molar-refractivity contribution in [1.29, 1.82) is 0 Å². The van der Waals surface area contributed by atoms with Gasteiger partial charge in [-0.15, -0.1) is 38.3 Å². The molecule has 0 radical (unpaired) electrons. The minimum Gasteiger partial charge on any atom is -0.419 e. The normalized spacial score (nSPS) is 12.2. The summed E-state index contributed by atoms with van der Waals surface area (Å²) in [5, 5.41) is 20.7. The molecule has 0 fully saturated rings. The van der Waals surface area contributed by atoms with Crippen molar-refractivity contribution >= 4 is 46.3 Å². The minimum absolute atomic E-state index is 0.113. The average molecular weight is 464 g/mol. The van der Waals surface area contributed by atoms with Gasteiger partial charge in [0.05, 0.1) is 15.1 Å². The molecule has 0 unspecified atom stereocenters. The Hall–Kier alpha value is -2.13. The molecular formula is C19H15Cl2N5OS2. The summed E-state index contributed by atoms with van der Waals surface area (Å²) < 4.78 is 7.78. The van der Waals surface area contributed by atoms with Gasteiger partial charge in [0.2, 0.25) is 5.89 Å². The van der Waals surface area contributed by atoms with Gasteiger partial charge < -0.3 is 4.42 Å². The molecule has 3 aromatic heterocycles. The monoisotopic (exact) mass is 463 g/mol. The van der Waals surface area contributed by atoms with E-state index in [2.05, 4.69) is 27.0 Å². The second-order valence-corrected chi connectivity index (χ2v) is 9.11. The van der Waals surface area contributed by atoms with Crippen LogP contribution in [0.4, 0.5) is 0 Å². The van der Waals surface area contributed by atoms with Gasteiger partial charge in [0.15, 0.2) is 11.0 Å². The van der Waals surface area contributed by atoms with Crippen molar-refractivity contribution in [2.45, 2.75) is 23.9 Å². The van der Waals surface area contributed by atoms with Crippen molar-refractivity contribution in [3.63, 3.8) is 0 Å². The molecule has 0 aliphatic carbocycles. The predicted molar refractivity (Wildman–Crippen MR) is 118 cm³/mol. The molecular weight excluding hydrogens is 449 g/mol. The van der Waals surface area contributed by atoms with Crippen molar-refractivity contribution in [3.8, 4) is 22.2 Å². The van der Waals surface area contributed by atoms with E-state index >= 15 is 0 Å². The van der Waals surface area contributed by atoms with E-state index in [-0.39, 0.29) is 5.25 Å². The first-order valence-corrected chi connectivity index (χ1v) is 11.1. The van der Waals surface area contributed by atoms with Crippen LogP contribution in [0.5, 0.6) is 0 Å². The minimum atomic E-state index is -0.113. The highest BCUT2D eigenvalue weighted by atomic mass is 35.5. The molecule has 4 aromatic rings. The van der Waals surface area contributed by atoms with Gasteiger partial charge in [-0.25, -0.2) is 0 Å². The van der Waals surface area contributed by atoms with E-state index in [1.165, 1.54) is 11.8 Å². The van der Waals surface area contributed by atoms with Crippen LogP contribution in [-0.2, 0) is 6.54 Å². The van der Waals surface area contributed by atoms with E-state index in [4.69, 9.17) is 27.6 Å². The maximum atomic E-state index is 6.37. The van der Waals surface area contributed by atoms with Crippen molar-refractivity contribution in [2.24, 2.45) is 0 Å². The van der Waals surface area contributed by atoms with Crippen LogP contribution in [-0.4, -0.2) is 25.0 Å². The second kappa shape index (κ2) is 8.71. The van der Waals surface area contributed by atoms with Crippen LogP contribution in [0, 0.1) is 0 Å². The van der Waals surface area contributed by atoms with Crippen LogP contribution < -0.4 is 0 Å². The van der Waals surface area contributed by atoms with E-state index in [0.29, 0.717) is 39.4 Å². The van der Waals surface area contributed by atoms with Gasteiger partial charge in [-0.3, -0.25) is 4.57 Å². The van der Waals surface area contributed by atoms with Crippen LogP contribution in [0.2, 0.25) is 10.0 Å². The number of hydrogen-bond donors (Lipinski definition) is 0. The molecule has 3 heterocycles. The largest absolute Gasteiger partial charge is 0.419 e. The molecule has 0 N–H and O–H groups in total. The van der Waals surface area contributed by atoms with E-state index in [0.717, 1.165) is 10.4 Å². The molecule has 6 nitrogen and oxygen atoms in total. The zero-order chi connectivity index (χ0) is 20.4. The summed E-state index contributed by atoms with van der Waals surface area (Å²) in [6.07, 6.45) is 1.78. The van der Waals surface area contributed by atoms with Gasteiger partial charge in [-0.1, -0.05) is 47.1 Å². The van der Waals surface area contributed by atoms with Crippen LogP contribution in [0.25, 0.3) is 22.2 Å². The SMILES string of the molecule is C=CCn1c(S[C@H](C)c2nnc(-c3cccs3)o2)nnc1-c1ccc(Cl)cc1Cl. The molecule has 29 heavy (non-hydrogen) atoms. The zero-order valence-corrected chi connectivity index (χ0v) is 18.4. The van der Waals surface area contributed by atoms with Crippen molar-refractivity contribution in [3.05, 3.63) is 64.3 Å². The molecule has 0 saturated carbocycles. The quantitative estimate of drug-likeness (QED) is 0.233. The molecule has 0 saturated heterocycles. The number of thioether (sulfide) groups is 1. The zero-order valence-electron chi connectivity index (χ0n) is 15.2. The summed E-state index contributed by atoms with van der Waals surface area (Å²) in [5.74, 6) is 1.69. The third-order valence-electron chi connectivity index (χ3n) is 4.00. The van der Waals surface area contributed by atoms with Gasteiger partial charge in [-0.2, -0.15) is 0 Å². The number of hydrogen-bond acceptors (Lipinski definition) is 7. The number of allylic oxidation sites excluding steroid dienone is 1. The van der Waals surface area contributed by atoms with E-state index < -0.39 is 0 Å². The number of thiophene rings is 1. The number of nitrogens with zero attached hydrogens (tertiary/aromatic N) is 5. The topological polar surface area (TPSA) is 69.6 Å². The van der Waals surface area contributed by atoms with Crippen molar-refractivity contribution in [2.75, 3.05) is 0 Å². The van der Waals surface area contributed by atoms with Gasteiger partial charge in [0.1, 0.15) is 0 Å². The summed E-state index contributed by atoms with van der Waals surface area (Å²) >= 11 is 15.4. The molecule has 0 amide bonds. The first-order valence-electron chi connectivity index (χ1n) is 8.60. The van der Waals surface area contributed by atoms with E-state index in [9.17, 15) is 0 Å². The smallest absolute Gasteiger partial charge is 0.257 e. The van der Waals surface area contributed by atoms with Gasteiger partial charge in [-0.05, 0) is 36.6 Å². The molecule has 0 spiro atoms. The lowest BCUT2D eigenvalue weighted by molar-refractivity contribution is 0.509. The first-order chi connectivity index (χ1) is 14.1. The van der Waals surface area contributed by atoms with Crippen LogP contribution in [0.3, 0.4) is 0 Å². The molecule has 4 rings (SSSR count). The Labute approximate surface area is 185 Å². The molecule has 10 heteroatoms. The molecule has 0 bridgehead atoms. The van der Waals surface area contributed by atoms with Crippen molar-refractivity contribution < 1.29 is 4.42 Å². The Bertz CT molecular complexity index is 1140. The number of halogens is 2. The maximum Gasteiger partial charge on any atom is 0.257 e. The van der Waals surface area contributed by atoms with Crippen molar-refractivity contribution in [1.82, 2.24) is 25.0 Å². The lowest BCUT2D eigenvalue weighted by Crippen LogP contribution is -2.02. The highest BCUT2D eigenvalue weighted by Gasteiger charge is 2.22. The van der Waals surface area contributed by atoms with Gasteiger partial charge in [0.25, 0.3) is 5.89 Å². The number of aromatic nitrogens is 5. The van der Waals surface area contributed by atoms with E-state index in [1.807, 2.05) is 35.1 Å². The first kappa shape index (κ1) is 20.2. The number of rotatable bonds is 7. The summed E-state index contributed by atoms with van der Waals surface area (Å²) in [5.41, 5.74) is 0.752. The fourth-order valence-electron chi connectivity index (χ4n) is 2.65. The van der Waals surface area contributed by atoms with Crippen LogP contribution in [0.15, 0.2) is 57.9 Å². The summed E-state index contributed by atoms with van der Waals surface area (Å²) in [7, 11) is 0. The Morgan fingerprint density at radius 3 is 2.83 bits per heavy atom. The second-order valence-electron chi connectivity index (χ2n) is 6.01. The standard InChI is InChI=1S/C19H15Cl2N5OS2/c1-3-8-26-16(13-7-6-12(20)10-14(13)21)22-25-19(26)29-11(2)17-23-24-18(27-17)15-5-4-9-28-15/h3-7,9-11H,1,8H2,2H3/t11-/m1/s1. The molecule has 148 valence electrons. The highest BCUT2D eigenvalue weighted by molar-refractivity contribution is 7.99. The highest BCUT2D eigenvalue weighted by Crippen LogP contribution is 2.37. The van der Waals surface area contributed by atoms with Crippen LogP contribution in [0.1, 0.15) is 18.1 Å². The van der Waals surface area contributed by atoms with Gasteiger partial charge in [0, 0.05) is 17.1 Å². The summed E-state index contributed by atoms with van der Waals surface area (Å²) in [6.45, 7) is 6.35. The summed E-state index contributed by atoms with van der Waals surface area (Å²) in [4.78, 5) is 0.940. The fraction of sp³-hybridized carbons (Fsp3) is 0.158.